The molecule has 7 rings (SSSR count). The number of imidazole rings is 1. The summed E-state index contributed by atoms with van der Waals surface area (Å²) in [7, 11) is 4.24. The van der Waals surface area contributed by atoms with E-state index in [4.69, 9.17) is 35.5 Å². The van der Waals surface area contributed by atoms with Crippen LogP contribution in [0.25, 0.3) is 5.95 Å². The van der Waals surface area contributed by atoms with Crippen molar-refractivity contribution >= 4 is 24.0 Å². The van der Waals surface area contributed by atoms with Gasteiger partial charge in [0.25, 0.3) is 0 Å². The predicted octanol–water partition coefficient (Wildman–Crippen LogP) is 6.61. The fraction of sp³-hybridized carbons (Fsp3) is 0.457. The average Bonchev–Trinajstić information content (AvgIpc) is 3.87. The molecule has 0 bridgehead atoms. The van der Waals surface area contributed by atoms with E-state index in [2.05, 4.69) is 58.0 Å². The number of nitrogens with zero attached hydrogens (tertiary/aromatic N) is 6. The Morgan fingerprint density at radius 3 is 2.09 bits per heavy atom. The Morgan fingerprint density at radius 1 is 0.830 bits per heavy atom. The van der Waals surface area contributed by atoms with Gasteiger partial charge in [-0.25, -0.2) is 15.0 Å². The number of hydrogen-bond donors (Lipinski definition) is 0. The summed E-state index contributed by atoms with van der Waals surface area (Å²) >= 11 is 5.67. The summed E-state index contributed by atoms with van der Waals surface area (Å²) in [5.74, 6) is 5.90. The number of fused-ring (bicyclic) bond motifs is 2. The largest absolute Gasteiger partial charge is 0.454 e. The fourth-order valence-corrected chi connectivity index (χ4v) is 6.71. The van der Waals surface area contributed by atoms with Gasteiger partial charge in [-0.1, -0.05) is 18.6 Å². The van der Waals surface area contributed by atoms with E-state index in [1.807, 2.05) is 36.0 Å². The maximum atomic E-state index is 5.67. The number of alkyl halides is 1. The van der Waals surface area contributed by atoms with Gasteiger partial charge in [-0.15, -0.1) is 24.0 Å². The quantitative estimate of drug-likeness (QED) is 0.162. The molecular weight excluding hydrogens is 639 g/mol. The first-order valence-electron chi connectivity index (χ1n) is 16.0. The second kappa shape index (κ2) is 16.5. The normalized spacial score (nSPS) is 17.5. The first kappa shape index (κ1) is 34.8. The Kier molecular flexibility index (Phi) is 12.2. The van der Waals surface area contributed by atoms with Crippen molar-refractivity contribution in [2.75, 3.05) is 46.7 Å². The minimum absolute atomic E-state index is 0. The van der Waals surface area contributed by atoms with E-state index < -0.39 is 0 Å². The summed E-state index contributed by atoms with van der Waals surface area (Å²) in [5, 5.41) is 0. The Labute approximate surface area is 288 Å². The molecule has 10 nitrogen and oxygen atoms in total. The number of benzene rings is 2. The van der Waals surface area contributed by atoms with Crippen LogP contribution in [0.2, 0.25) is 0 Å². The second-order valence-electron chi connectivity index (χ2n) is 12.3. The highest BCUT2D eigenvalue weighted by molar-refractivity contribution is 6.18. The standard InChI is InChI=1S/C24H29N5O2.C11H14ClNO2.ClH/c1-17-12-21(27-24(26-17)29-11-9-25-15-29)20-5-3-4-19(20)8-10-28(2)14-18-6-7-22-23(13-18)31-16-30-22;1-13(5-4-12)7-9-2-3-10-11(6-9)15-8-14-10;/h6-7,9,11-13,15,19-20H,3-5,8,10,14,16H2,1-2H3;2-3,6H,4-5,7-8H2,1H3;1H. The van der Waals surface area contributed by atoms with Crippen molar-refractivity contribution in [3.05, 3.63) is 83.7 Å². The highest BCUT2D eigenvalue weighted by Gasteiger charge is 2.30. The Morgan fingerprint density at radius 2 is 1.47 bits per heavy atom. The van der Waals surface area contributed by atoms with Crippen LogP contribution in [-0.4, -0.2) is 76.0 Å². The molecule has 4 aromatic rings. The van der Waals surface area contributed by atoms with Crippen molar-refractivity contribution in [3.8, 4) is 28.9 Å². The molecule has 2 aromatic carbocycles. The number of hydrogen-bond acceptors (Lipinski definition) is 9. The van der Waals surface area contributed by atoms with Crippen LogP contribution < -0.4 is 18.9 Å². The van der Waals surface area contributed by atoms with E-state index in [0.29, 0.717) is 31.3 Å². The number of ether oxygens (including phenoxy) is 4. The van der Waals surface area contributed by atoms with Crippen LogP contribution in [-0.2, 0) is 13.1 Å². The summed E-state index contributed by atoms with van der Waals surface area (Å²) in [6.07, 6.45) is 10.3. The van der Waals surface area contributed by atoms with Gasteiger partial charge in [0, 0.05) is 55.2 Å². The molecule has 1 saturated carbocycles. The third-order valence-electron chi connectivity index (χ3n) is 8.76. The van der Waals surface area contributed by atoms with E-state index in [1.54, 1.807) is 12.5 Å². The van der Waals surface area contributed by atoms with Crippen LogP contribution in [0.3, 0.4) is 0 Å². The van der Waals surface area contributed by atoms with Crippen molar-refractivity contribution in [2.45, 2.75) is 51.6 Å². The zero-order valence-corrected chi connectivity index (χ0v) is 28.9. The van der Waals surface area contributed by atoms with Crippen molar-refractivity contribution < 1.29 is 18.9 Å². The van der Waals surface area contributed by atoms with E-state index in [0.717, 1.165) is 60.8 Å². The zero-order valence-electron chi connectivity index (χ0n) is 27.3. The van der Waals surface area contributed by atoms with Crippen LogP contribution in [0, 0.1) is 12.8 Å². The van der Waals surface area contributed by atoms with Gasteiger partial charge in [0.1, 0.15) is 6.33 Å². The van der Waals surface area contributed by atoms with E-state index >= 15 is 0 Å². The molecule has 0 amide bonds. The molecule has 0 N–H and O–H groups in total. The molecule has 2 unspecified atom stereocenters. The summed E-state index contributed by atoms with van der Waals surface area (Å²) in [6.45, 7) is 6.44. The van der Waals surface area contributed by atoms with Gasteiger partial charge in [0.15, 0.2) is 23.0 Å². The number of aromatic nitrogens is 4. The lowest BCUT2D eigenvalue weighted by atomic mass is 9.89. The molecule has 4 heterocycles. The fourth-order valence-electron chi connectivity index (χ4n) is 6.42. The van der Waals surface area contributed by atoms with E-state index in [-0.39, 0.29) is 12.4 Å². The van der Waals surface area contributed by atoms with Gasteiger partial charge in [-0.3, -0.25) is 4.57 Å². The highest BCUT2D eigenvalue weighted by Crippen LogP contribution is 2.41. The molecule has 47 heavy (non-hydrogen) atoms. The van der Waals surface area contributed by atoms with Crippen molar-refractivity contribution in [1.82, 2.24) is 29.3 Å². The van der Waals surface area contributed by atoms with E-state index in [1.165, 1.54) is 42.5 Å². The lowest BCUT2D eigenvalue weighted by Crippen LogP contribution is -2.22. The molecule has 2 aliphatic heterocycles. The van der Waals surface area contributed by atoms with E-state index in [9.17, 15) is 0 Å². The summed E-state index contributed by atoms with van der Waals surface area (Å²) < 4.78 is 23.4. The maximum Gasteiger partial charge on any atom is 0.235 e. The first-order chi connectivity index (χ1) is 22.4. The van der Waals surface area contributed by atoms with Gasteiger partial charge >= 0.3 is 0 Å². The molecule has 1 fully saturated rings. The Hall–Kier alpha value is -3.57. The minimum Gasteiger partial charge on any atom is -0.454 e. The highest BCUT2D eigenvalue weighted by atomic mass is 35.5. The second-order valence-corrected chi connectivity index (χ2v) is 12.7. The summed E-state index contributed by atoms with van der Waals surface area (Å²) in [6, 6.07) is 14.4. The third kappa shape index (κ3) is 9.07. The lowest BCUT2D eigenvalue weighted by molar-refractivity contribution is 0.173. The number of rotatable bonds is 11. The summed E-state index contributed by atoms with van der Waals surface area (Å²) in [5.41, 5.74) is 4.66. The summed E-state index contributed by atoms with van der Waals surface area (Å²) in [4.78, 5) is 18.2. The molecule has 3 aliphatic rings. The topological polar surface area (TPSA) is 87.0 Å². The Bertz CT molecular complexity index is 1590. The number of aryl methyl sites for hydroxylation is 1. The zero-order chi connectivity index (χ0) is 31.9. The molecule has 252 valence electrons. The maximum absolute atomic E-state index is 5.67. The molecule has 2 atom stereocenters. The van der Waals surface area contributed by atoms with Gasteiger partial charge in [-0.05, 0) is 94.2 Å². The molecule has 0 saturated heterocycles. The van der Waals surface area contributed by atoms with Crippen molar-refractivity contribution in [1.29, 1.82) is 0 Å². The SMILES string of the molecule is CN(CCCl)Cc1ccc2c(c1)OCO2.Cc1cc(C2CCCC2CCN(C)Cc2ccc3c(c2)OCO3)nc(-n2ccnc2)n1.Cl. The molecule has 0 spiro atoms. The molecule has 0 radical (unpaired) electrons. The van der Waals surface area contributed by atoms with Crippen LogP contribution in [0.4, 0.5) is 0 Å². The van der Waals surface area contributed by atoms with Crippen LogP contribution in [0.15, 0.2) is 61.2 Å². The van der Waals surface area contributed by atoms with Gasteiger partial charge in [0.2, 0.25) is 19.5 Å². The van der Waals surface area contributed by atoms with Gasteiger partial charge < -0.3 is 28.7 Å². The smallest absolute Gasteiger partial charge is 0.235 e. The third-order valence-corrected chi connectivity index (χ3v) is 8.93. The van der Waals surface area contributed by atoms with Gasteiger partial charge in [0.05, 0.1) is 0 Å². The van der Waals surface area contributed by atoms with Crippen molar-refractivity contribution in [2.24, 2.45) is 5.92 Å². The molecule has 1 aliphatic carbocycles. The molecule has 2 aromatic heterocycles. The lowest BCUT2D eigenvalue weighted by Gasteiger charge is -2.23. The average molecular weight is 684 g/mol. The van der Waals surface area contributed by atoms with Gasteiger partial charge in [-0.2, -0.15) is 0 Å². The molecular formula is C35H44Cl2N6O4. The Balaban J connectivity index is 0.000000228. The van der Waals surface area contributed by atoms with Crippen LogP contribution >= 0.6 is 24.0 Å². The van der Waals surface area contributed by atoms with Crippen molar-refractivity contribution in [3.63, 3.8) is 0 Å². The van der Waals surface area contributed by atoms with Crippen LogP contribution in [0.1, 0.15) is 54.1 Å². The van der Waals surface area contributed by atoms with Crippen LogP contribution in [0.5, 0.6) is 23.0 Å². The minimum atomic E-state index is 0. The monoisotopic (exact) mass is 682 g/mol. The number of halogens is 2. The first-order valence-corrected chi connectivity index (χ1v) is 16.5. The molecule has 12 heteroatoms. The predicted molar refractivity (Wildman–Crippen MR) is 184 cm³/mol.